The molecule has 2 aromatic carbocycles. The van der Waals surface area contributed by atoms with Crippen LogP contribution in [0.5, 0.6) is 0 Å². The van der Waals surface area contributed by atoms with Gasteiger partial charge in [-0.25, -0.2) is 13.4 Å². The highest BCUT2D eigenvalue weighted by atomic mass is 35.5. The molecule has 1 fully saturated rings. The number of rotatable bonds is 6. The number of benzene rings is 2. The molecule has 0 bridgehead atoms. The summed E-state index contributed by atoms with van der Waals surface area (Å²) in [6, 6.07) is 14.0. The van der Waals surface area contributed by atoms with Gasteiger partial charge in [0.15, 0.2) is 0 Å². The third-order valence-electron chi connectivity index (χ3n) is 6.32. The predicted octanol–water partition coefficient (Wildman–Crippen LogP) is 4.41. The molecular formula is C24H27ClN6O3S2. The van der Waals surface area contributed by atoms with E-state index in [9.17, 15) is 13.2 Å². The van der Waals surface area contributed by atoms with Gasteiger partial charge in [-0.1, -0.05) is 23.7 Å². The summed E-state index contributed by atoms with van der Waals surface area (Å²) < 4.78 is 33.7. The maximum atomic E-state index is 13.3. The van der Waals surface area contributed by atoms with Crippen molar-refractivity contribution in [2.24, 2.45) is 0 Å². The maximum absolute atomic E-state index is 13.3. The SMILES string of the molecule is Cc1nsc(NS(=O)(=O)c2ccc(N3CCN(C(=O)C(C)n4ccc5cccc(Cl)c54)CC3)cc2)n1.[HH]. The lowest BCUT2D eigenvalue weighted by atomic mass is 10.2. The van der Waals surface area contributed by atoms with Crippen molar-refractivity contribution in [2.75, 3.05) is 35.8 Å². The fraction of sp³-hybridized carbons (Fsp3) is 0.292. The van der Waals surface area contributed by atoms with Gasteiger partial charge >= 0.3 is 0 Å². The Morgan fingerprint density at radius 1 is 1.11 bits per heavy atom. The first kappa shape index (κ1) is 24.5. The molecule has 36 heavy (non-hydrogen) atoms. The van der Waals surface area contributed by atoms with Gasteiger partial charge in [0.25, 0.3) is 10.0 Å². The van der Waals surface area contributed by atoms with Crippen LogP contribution in [0, 0.1) is 6.92 Å². The van der Waals surface area contributed by atoms with E-state index in [1.54, 1.807) is 31.2 Å². The lowest BCUT2D eigenvalue weighted by molar-refractivity contribution is -0.134. The number of nitrogens with zero attached hydrogens (tertiary/aromatic N) is 5. The molecule has 0 saturated carbocycles. The third-order valence-corrected chi connectivity index (χ3v) is 8.83. The van der Waals surface area contributed by atoms with Crippen molar-refractivity contribution in [3.8, 4) is 0 Å². The first-order valence-electron chi connectivity index (χ1n) is 11.4. The van der Waals surface area contributed by atoms with Gasteiger partial charge in [0.05, 0.1) is 15.4 Å². The van der Waals surface area contributed by atoms with E-state index in [-0.39, 0.29) is 23.4 Å². The van der Waals surface area contributed by atoms with Crippen LogP contribution in [-0.2, 0) is 14.8 Å². The molecule has 0 radical (unpaired) electrons. The quantitative estimate of drug-likeness (QED) is 0.384. The first-order valence-corrected chi connectivity index (χ1v) is 14.1. The van der Waals surface area contributed by atoms with Gasteiger partial charge in [-0.05, 0) is 50.2 Å². The number of hydrogen-bond donors (Lipinski definition) is 1. The summed E-state index contributed by atoms with van der Waals surface area (Å²) in [5.41, 5.74) is 1.77. The Balaban J connectivity index is 0.00000320. The summed E-state index contributed by atoms with van der Waals surface area (Å²) in [7, 11) is -3.74. The molecular weight excluding hydrogens is 520 g/mol. The number of halogens is 1. The lowest BCUT2D eigenvalue weighted by Crippen LogP contribution is -2.50. The van der Waals surface area contributed by atoms with Crippen molar-refractivity contribution < 1.29 is 14.6 Å². The van der Waals surface area contributed by atoms with E-state index in [1.807, 2.05) is 46.9 Å². The number of anilines is 2. The van der Waals surface area contributed by atoms with E-state index >= 15 is 0 Å². The van der Waals surface area contributed by atoms with Crippen molar-refractivity contribution in [2.45, 2.75) is 24.8 Å². The van der Waals surface area contributed by atoms with Crippen LogP contribution in [0.3, 0.4) is 0 Å². The Hall–Kier alpha value is -3.15. The number of aromatic nitrogens is 3. The van der Waals surface area contributed by atoms with Gasteiger partial charge in [-0.2, -0.15) is 4.37 Å². The molecule has 4 aromatic rings. The average Bonchev–Trinajstić information content (AvgIpc) is 3.49. The molecule has 1 saturated heterocycles. The Morgan fingerprint density at radius 3 is 2.50 bits per heavy atom. The van der Waals surface area contributed by atoms with E-state index in [0.29, 0.717) is 37.0 Å². The molecule has 12 heteroatoms. The molecule has 1 amide bonds. The average molecular weight is 547 g/mol. The number of sulfonamides is 1. The zero-order chi connectivity index (χ0) is 25.4. The summed E-state index contributed by atoms with van der Waals surface area (Å²) in [5, 5.41) is 1.87. The largest absolute Gasteiger partial charge is 0.368 e. The molecule has 1 N–H and O–H groups in total. The minimum Gasteiger partial charge on any atom is -0.368 e. The molecule has 0 aliphatic carbocycles. The van der Waals surface area contributed by atoms with E-state index in [0.717, 1.165) is 28.1 Å². The van der Waals surface area contributed by atoms with E-state index in [4.69, 9.17) is 11.6 Å². The second kappa shape index (κ2) is 9.72. The lowest BCUT2D eigenvalue weighted by Gasteiger charge is -2.37. The number of nitrogens with one attached hydrogen (secondary N) is 1. The number of para-hydroxylation sites is 1. The van der Waals surface area contributed by atoms with Gasteiger partial charge in [0.1, 0.15) is 11.9 Å². The van der Waals surface area contributed by atoms with Crippen molar-refractivity contribution in [1.82, 2.24) is 18.8 Å². The fourth-order valence-corrected chi connectivity index (χ4v) is 6.49. The standard InChI is InChI=1S/C24H25ClN6O3S2.H2/c1-16(31-11-10-18-4-3-5-21(25)22(18)31)23(32)30-14-12-29(13-15-30)19-6-8-20(9-7-19)36(33,34)28-24-26-17(2)27-35-24;/h3-11,16H,12-15H2,1-2H3,(H,26,27,28);1H. The van der Waals surface area contributed by atoms with Crippen molar-refractivity contribution in [1.29, 1.82) is 0 Å². The number of hydrogen-bond acceptors (Lipinski definition) is 7. The highest BCUT2D eigenvalue weighted by molar-refractivity contribution is 7.93. The van der Waals surface area contributed by atoms with Crippen molar-refractivity contribution in [3.05, 3.63) is 65.6 Å². The van der Waals surface area contributed by atoms with Gasteiger partial charge < -0.3 is 14.4 Å². The Kier molecular flexibility index (Phi) is 6.62. The highest BCUT2D eigenvalue weighted by Gasteiger charge is 2.27. The van der Waals surface area contributed by atoms with Crippen LogP contribution in [0.2, 0.25) is 5.02 Å². The zero-order valence-electron chi connectivity index (χ0n) is 19.8. The molecule has 2 aromatic heterocycles. The predicted molar refractivity (Wildman–Crippen MR) is 144 cm³/mol. The highest BCUT2D eigenvalue weighted by Crippen LogP contribution is 2.28. The van der Waals surface area contributed by atoms with Crippen LogP contribution in [0.1, 0.15) is 20.2 Å². The molecule has 9 nitrogen and oxygen atoms in total. The number of amides is 1. The van der Waals surface area contributed by atoms with Crippen LogP contribution in [0.25, 0.3) is 10.9 Å². The number of fused-ring (bicyclic) bond motifs is 1. The molecule has 3 heterocycles. The number of carbonyl (C=O) groups excluding carboxylic acids is 1. The smallest absolute Gasteiger partial charge is 0.263 e. The zero-order valence-corrected chi connectivity index (χ0v) is 22.1. The third kappa shape index (κ3) is 4.78. The monoisotopic (exact) mass is 546 g/mol. The molecule has 1 aliphatic heterocycles. The van der Waals surface area contributed by atoms with Crippen LogP contribution in [0.4, 0.5) is 10.8 Å². The van der Waals surface area contributed by atoms with E-state index < -0.39 is 10.0 Å². The summed E-state index contributed by atoms with van der Waals surface area (Å²) in [6.45, 7) is 6.06. The molecule has 1 unspecified atom stereocenters. The second-order valence-corrected chi connectivity index (χ2v) is 11.5. The normalized spacial score (nSPS) is 15.3. The fourth-order valence-electron chi connectivity index (χ4n) is 4.41. The van der Waals surface area contributed by atoms with Gasteiger partial charge in [-0.3, -0.25) is 9.52 Å². The van der Waals surface area contributed by atoms with E-state index in [2.05, 4.69) is 19.0 Å². The minimum atomic E-state index is -3.74. The summed E-state index contributed by atoms with van der Waals surface area (Å²) in [4.78, 5) is 21.5. The van der Waals surface area contributed by atoms with Crippen molar-refractivity contribution >= 4 is 60.8 Å². The van der Waals surface area contributed by atoms with Crippen LogP contribution >= 0.6 is 23.1 Å². The maximum Gasteiger partial charge on any atom is 0.263 e. The Morgan fingerprint density at radius 2 is 1.83 bits per heavy atom. The van der Waals surface area contributed by atoms with Crippen LogP contribution in [-0.4, -0.2) is 59.3 Å². The van der Waals surface area contributed by atoms with Crippen LogP contribution < -0.4 is 9.62 Å². The number of carbonyl (C=O) groups is 1. The Bertz CT molecular complexity index is 1520. The minimum absolute atomic E-state index is 0. The van der Waals surface area contributed by atoms with Gasteiger partial charge in [-0.15, -0.1) is 0 Å². The number of piperazine rings is 1. The Labute approximate surface area is 220 Å². The summed E-state index contributed by atoms with van der Waals surface area (Å²) >= 11 is 7.41. The molecule has 1 atom stereocenters. The summed E-state index contributed by atoms with van der Waals surface area (Å²) in [6.07, 6.45) is 1.91. The molecule has 5 rings (SSSR count). The second-order valence-electron chi connectivity index (χ2n) is 8.64. The molecule has 0 spiro atoms. The van der Waals surface area contributed by atoms with E-state index in [1.165, 1.54) is 0 Å². The van der Waals surface area contributed by atoms with Crippen LogP contribution in [0.15, 0.2) is 59.6 Å². The number of aryl methyl sites for hydroxylation is 1. The summed E-state index contributed by atoms with van der Waals surface area (Å²) in [5.74, 6) is 0.567. The molecule has 190 valence electrons. The first-order chi connectivity index (χ1) is 17.2. The van der Waals surface area contributed by atoms with Gasteiger partial charge in [0.2, 0.25) is 11.0 Å². The van der Waals surface area contributed by atoms with Gasteiger partial charge in [0, 0.05) is 56.4 Å². The van der Waals surface area contributed by atoms with Crippen molar-refractivity contribution in [3.63, 3.8) is 0 Å². The molecule has 1 aliphatic rings. The topological polar surface area (TPSA) is 100 Å².